The van der Waals surface area contributed by atoms with Crippen LogP contribution in [-0.4, -0.2) is 5.78 Å². The summed E-state index contributed by atoms with van der Waals surface area (Å²) in [5.41, 5.74) is 0.961. The molecular weight excluding hydrogens is 268 g/mol. The molecule has 5 unspecified atom stereocenters. The molecule has 0 saturated heterocycles. The summed E-state index contributed by atoms with van der Waals surface area (Å²) >= 11 is 0. The predicted molar refractivity (Wildman–Crippen MR) is 92.5 cm³/mol. The number of hydrogen-bond acceptors (Lipinski definition) is 1. The van der Waals surface area contributed by atoms with Crippen molar-refractivity contribution in [3.8, 4) is 0 Å². The lowest BCUT2D eigenvalue weighted by Crippen LogP contribution is -2.79. The fourth-order valence-corrected chi connectivity index (χ4v) is 7.13. The van der Waals surface area contributed by atoms with Crippen molar-refractivity contribution in [2.75, 3.05) is 0 Å². The number of rotatable bonds is 1. The topological polar surface area (TPSA) is 17.1 Å². The van der Waals surface area contributed by atoms with Crippen molar-refractivity contribution < 1.29 is 4.79 Å². The first-order valence-corrected chi connectivity index (χ1v) is 9.56. The Kier molecular flexibility index (Phi) is 3.66. The summed E-state index contributed by atoms with van der Waals surface area (Å²) < 4.78 is 0. The van der Waals surface area contributed by atoms with Crippen LogP contribution in [0.5, 0.6) is 0 Å². The van der Waals surface area contributed by atoms with Crippen molar-refractivity contribution >= 4 is 5.78 Å². The average Bonchev–Trinajstić information content (AvgIpc) is 2.51. The molecule has 0 aromatic heterocycles. The van der Waals surface area contributed by atoms with Gasteiger partial charge in [0.15, 0.2) is 0 Å². The summed E-state index contributed by atoms with van der Waals surface area (Å²) in [6.07, 6.45) is 9.33. The lowest BCUT2D eigenvalue weighted by molar-refractivity contribution is -0.312. The van der Waals surface area contributed by atoms with Gasteiger partial charge in [0.2, 0.25) is 0 Å². The second-order valence-electron chi connectivity index (χ2n) is 8.81. The highest BCUT2D eigenvalue weighted by atomic mass is 16.1. The van der Waals surface area contributed by atoms with Gasteiger partial charge in [-0.15, -0.1) is 6.58 Å². The van der Waals surface area contributed by atoms with Crippen molar-refractivity contribution in [1.29, 1.82) is 0 Å². The van der Waals surface area contributed by atoms with E-state index in [4.69, 9.17) is 0 Å². The highest BCUT2D eigenvalue weighted by Gasteiger charge is 2.80. The van der Waals surface area contributed by atoms with Crippen LogP contribution in [0.2, 0.25) is 0 Å². The number of carbonyl (C=O) groups excluding carboxylic acids is 1. The molecule has 0 N–H and O–H groups in total. The molecule has 0 aliphatic heterocycles. The maximum Gasteiger partial charge on any atom is 0.139 e. The first-order chi connectivity index (χ1) is 10.4. The van der Waals surface area contributed by atoms with Crippen LogP contribution in [0.15, 0.2) is 12.7 Å². The summed E-state index contributed by atoms with van der Waals surface area (Å²) in [5.74, 6) is 3.58. The number of allylic oxidation sites excluding steroid dienone is 1. The van der Waals surface area contributed by atoms with Gasteiger partial charge in [-0.3, -0.25) is 4.79 Å². The molecule has 1 heteroatoms. The normalized spacial score (nSPS) is 55.2. The van der Waals surface area contributed by atoms with E-state index in [1.807, 2.05) is 13.8 Å². The molecule has 0 heterocycles. The van der Waals surface area contributed by atoms with Crippen molar-refractivity contribution in [2.24, 2.45) is 39.9 Å². The largest absolute Gasteiger partial charge is 0.299 e. The zero-order chi connectivity index (χ0) is 16.3. The standard InChI is InChI=1S/C19H28O.C2H6/c1-5-17(4)8-6-14-13(3)19-11-18(16(14)19,12(2)10-17)9-7-15(19)20;1-2/h5,12-14,16H,1,6-11H2,2-4H3;1-2H3/t12-,13?,14?,16?,17+,18?,19?;/m0./s1. The monoisotopic (exact) mass is 302 g/mol. The SMILES string of the molecule is C=C[C@]1(C)CCC2C(C)C34CC(CCC3=O)(C24)[C@@H](C)C1.CC. The van der Waals surface area contributed by atoms with E-state index < -0.39 is 0 Å². The van der Waals surface area contributed by atoms with Crippen LogP contribution in [0.25, 0.3) is 0 Å². The van der Waals surface area contributed by atoms with Gasteiger partial charge >= 0.3 is 0 Å². The molecule has 22 heavy (non-hydrogen) atoms. The molecule has 4 aliphatic rings. The fourth-order valence-electron chi connectivity index (χ4n) is 7.13. The second-order valence-corrected chi connectivity index (χ2v) is 8.81. The average molecular weight is 303 g/mol. The Bertz CT molecular complexity index is 494. The van der Waals surface area contributed by atoms with Crippen molar-refractivity contribution in [3.63, 3.8) is 0 Å². The van der Waals surface area contributed by atoms with Crippen LogP contribution in [0, 0.1) is 39.9 Å². The third-order valence-electron chi connectivity index (χ3n) is 8.31. The summed E-state index contributed by atoms with van der Waals surface area (Å²) in [6.45, 7) is 15.3. The van der Waals surface area contributed by atoms with Gasteiger partial charge in [-0.05, 0) is 66.6 Å². The van der Waals surface area contributed by atoms with Crippen LogP contribution in [0.3, 0.4) is 0 Å². The Morgan fingerprint density at radius 2 is 1.91 bits per heavy atom. The highest BCUT2D eigenvalue weighted by Crippen LogP contribution is 2.83. The molecule has 0 amide bonds. The third kappa shape index (κ3) is 1.64. The Morgan fingerprint density at radius 3 is 2.55 bits per heavy atom. The van der Waals surface area contributed by atoms with Crippen LogP contribution in [-0.2, 0) is 4.79 Å². The molecule has 4 saturated carbocycles. The first-order valence-electron chi connectivity index (χ1n) is 9.56. The number of hydrogen-bond donors (Lipinski definition) is 0. The smallest absolute Gasteiger partial charge is 0.139 e. The van der Waals surface area contributed by atoms with E-state index >= 15 is 0 Å². The van der Waals surface area contributed by atoms with E-state index in [0.717, 1.165) is 24.2 Å². The van der Waals surface area contributed by atoms with E-state index in [2.05, 4.69) is 33.4 Å². The maximum atomic E-state index is 12.5. The summed E-state index contributed by atoms with van der Waals surface area (Å²) in [5, 5.41) is 0. The third-order valence-corrected chi connectivity index (χ3v) is 8.31. The van der Waals surface area contributed by atoms with Gasteiger partial charge in [0.25, 0.3) is 0 Å². The molecule has 0 aromatic carbocycles. The van der Waals surface area contributed by atoms with E-state index in [0.29, 0.717) is 22.5 Å². The quantitative estimate of drug-likeness (QED) is 0.572. The molecule has 4 fully saturated rings. The molecule has 2 spiro atoms. The fraction of sp³-hybridized carbons (Fsp3) is 0.857. The van der Waals surface area contributed by atoms with Crippen LogP contribution < -0.4 is 0 Å². The molecule has 4 aliphatic carbocycles. The summed E-state index contributed by atoms with van der Waals surface area (Å²) in [7, 11) is 0. The van der Waals surface area contributed by atoms with E-state index in [9.17, 15) is 4.79 Å². The number of Topliss-reactive ketones (excluding diaryl/α,β-unsaturated/α-hetero) is 1. The van der Waals surface area contributed by atoms with E-state index in [1.165, 1.54) is 32.1 Å². The molecule has 0 aromatic rings. The Balaban J connectivity index is 0.000000693. The first kappa shape index (κ1) is 16.3. The van der Waals surface area contributed by atoms with E-state index in [-0.39, 0.29) is 5.41 Å². The van der Waals surface area contributed by atoms with Crippen molar-refractivity contribution in [1.82, 2.24) is 0 Å². The Hall–Kier alpha value is -0.590. The summed E-state index contributed by atoms with van der Waals surface area (Å²) in [6, 6.07) is 0. The molecular formula is C21H34O. The molecule has 124 valence electrons. The zero-order valence-corrected chi connectivity index (χ0v) is 15.2. The number of ketones is 1. The lowest BCUT2D eigenvalue weighted by Gasteiger charge is -2.81. The van der Waals surface area contributed by atoms with Gasteiger partial charge in [-0.1, -0.05) is 40.7 Å². The predicted octanol–water partition coefficient (Wildman–Crippen LogP) is 5.65. The Morgan fingerprint density at radius 1 is 1.23 bits per heavy atom. The van der Waals surface area contributed by atoms with Gasteiger partial charge in [-0.2, -0.15) is 0 Å². The minimum absolute atomic E-state index is 0.138. The van der Waals surface area contributed by atoms with Gasteiger partial charge in [-0.25, -0.2) is 0 Å². The van der Waals surface area contributed by atoms with Crippen molar-refractivity contribution in [3.05, 3.63) is 12.7 Å². The van der Waals surface area contributed by atoms with Gasteiger partial charge in [0, 0.05) is 11.8 Å². The van der Waals surface area contributed by atoms with E-state index in [1.54, 1.807) is 0 Å². The molecule has 0 radical (unpaired) electrons. The molecule has 1 nitrogen and oxygen atoms in total. The van der Waals surface area contributed by atoms with Gasteiger partial charge in [0.1, 0.15) is 5.78 Å². The Labute approximate surface area is 136 Å². The van der Waals surface area contributed by atoms with Crippen molar-refractivity contribution in [2.45, 2.75) is 73.1 Å². The molecule has 7 atom stereocenters. The van der Waals surface area contributed by atoms with Crippen LogP contribution in [0.1, 0.15) is 73.1 Å². The number of carbonyl (C=O) groups is 1. The van der Waals surface area contributed by atoms with Crippen LogP contribution in [0.4, 0.5) is 0 Å². The minimum atomic E-state index is 0.138. The lowest BCUT2D eigenvalue weighted by atomic mass is 9.22. The van der Waals surface area contributed by atoms with Crippen LogP contribution >= 0.6 is 0 Å². The summed E-state index contributed by atoms with van der Waals surface area (Å²) in [4.78, 5) is 12.5. The maximum absolute atomic E-state index is 12.5. The minimum Gasteiger partial charge on any atom is -0.299 e. The van der Waals surface area contributed by atoms with Gasteiger partial charge in [0.05, 0.1) is 0 Å². The zero-order valence-electron chi connectivity index (χ0n) is 15.2. The molecule has 4 rings (SSSR count). The highest BCUT2D eigenvalue weighted by molar-refractivity contribution is 5.90. The molecule has 2 bridgehead atoms. The van der Waals surface area contributed by atoms with Gasteiger partial charge < -0.3 is 0 Å². The second kappa shape index (κ2) is 4.95.